The largest absolute Gasteiger partial charge is 0.567 e. The SMILES string of the molecule is BOc1ccccc1-c1cccc(-c2ccccn2)n1. The first kappa shape index (κ1) is 12.4. The van der Waals surface area contributed by atoms with Crippen LogP contribution in [-0.4, -0.2) is 18.0 Å². The van der Waals surface area contributed by atoms with Gasteiger partial charge in [0.25, 0.3) is 0 Å². The molecule has 2 aromatic heterocycles. The molecule has 0 N–H and O–H groups in total. The van der Waals surface area contributed by atoms with Crippen molar-refractivity contribution in [2.24, 2.45) is 0 Å². The third kappa shape index (κ3) is 2.40. The van der Waals surface area contributed by atoms with E-state index in [2.05, 4.69) is 9.97 Å². The Labute approximate surface area is 118 Å². The van der Waals surface area contributed by atoms with Crippen LogP contribution in [0.3, 0.4) is 0 Å². The fraction of sp³-hybridized carbons (Fsp3) is 0. The van der Waals surface area contributed by atoms with Crippen molar-refractivity contribution in [2.75, 3.05) is 0 Å². The lowest BCUT2D eigenvalue weighted by atomic mass is 10.1. The number of hydrogen-bond donors (Lipinski definition) is 0. The van der Waals surface area contributed by atoms with Crippen molar-refractivity contribution in [3.63, 3.8) is 0 Å². The molecule has 0 aliphatic rings. The second-order valence-corrected chi connectivity index (χ2v) is 4.32. The summed E-state index contributed by atoms with van der Waals surface area (Å²) in [6.07, 6.45) is 1.77. The summed E-state index contributed by atoms with van der Waals surface area (Å²) < 4.78 is 5.39. The second-order valence-electron chi connectivity index (χ2n) is 4.32. The molecule has 0 aliphatic carbocycles. The molecule has 0 aliphatic heterocycles. The van der Waals surface area contributed by atoms with Gasteiger partial charge in [0.1, 0.15) is 5.75 Å². The van der Waals surface area contributed by atoms with E-state index in [1.807, 2.05) is 60.7 Å². The number of para-hydroxylation sites is 1. The summed E-state index contributed by atoms with van der Waals surface area (Å²) in [7, 11) is 1.67. The molecular weight excluding hydrogens is 247 g/mol. The van der Waals surface area contributed by atoms with E-state index in [-0.39, 0.29) is 0 Å². The van der Waals surface area contributed by atoms with Crippen LogP contribution in [0.4, 0.5) is 0 Å². The van der Waals surface area contributed by atoms with E-state index in [9.17, 15) is 0 Å². The van der Waals surface area contributed by atoms with Gasteiger partial charge >= 0.3 is 8.05 Å². The topological polar surface area (TPSA) is 35.0 Å². The number of nitrogens with zero attached hydrogens (tertiary/aromatic N) is 2. The van der Waals surface area contributed by atoms with Crippen LogP contribution in [0.2, 0.25) is 0 Å². The highest BCUT2D eigenvalue weighted by Gasteiger charge is 2.07. The zero-order chi connectivity index (χ0) is 13.8. The Kier molecular flexibility index (Phi) is 3.46. The first-order chi connectivity index (χ1) is 9.88. The molecule has 3 rings (SSSR count). The third-order valence-corrected chi connectivity index (χ3v) is 3.06. The molecule has 0 amide bonds. The van der Waals surface area contributed by atoms with E-state index in [1.54, 1.807) is 14.2 Å². The summed E-state index contributed by atoms with van der Waals surface area (Å²) in [6.45, 7) is 0. The van der Waals surface area contributed by atoms with Crippen LogP contribution < -0.4 is 4.65 Å². The van der Waals surface area contributed by atoms with Crippen molar-refractivity contribution >= 4 is 8.05 Å². The van der Waals surface area contributed by atoms with Crippen molar-refractivity contribution in [1.82, 2.24) is 9.97 Å². The Balaban J connectivity index is 2.08. The van der Waals surface area contributed by atoms with Crippen LogP contribution in [-0.2, 0) is 0 Å². The fourth-order valence-electron chi connectivity index (χ4n) is 2.10. The van der Waals surface area contributed by atoms with Crippen LogP contribution in [0.5, 0.6) is 5.75 Å². The molecule has 0 unspecified atom stereocenters. The predicted octanol–water partition coefficient (Wildman–Crippen LogP) is 2.74. The van der Waals surface area contributed by atoms with Gasteiger partial charge in [-0.15, -0.1) is 0 Å². The molecular formula is C16H13BN2O. The molecule has 0 saturated heterocycles. The molecule has 20 heavy (non-hydrogen) atoms. The summed E-state index contributed by atoms with van der Waals surface area (Å²) in [6, 6.07) is 19.6. The molecule has 0 fully saturated rings. The van der Waals surface area contributed by atoms with Crippen LogP contribution >= 0.6 is 0 Å². The summed E-state index contributed by atoms with van der Waals surface area (Å²) >= 11 is 0. The van der Waals surface area contributed by atoms with Crippen molar-refractivity contribution < 1.29 is 4.65 Å². The number of rotatable bonds is 3. The highest BCUT2D eigenvalue weighted by atomic mass is 16.4. The van der Waals surface area contributed by atoms with Crippen molar-refractivity contribution in [3.8, 4) is 28.4 Å². The first-order valence-corrected chi connectivity index (χ1v) is 6.40. The Hall–Kier alpha value is -2.62. The smallest absolute Gasteiger partial charge is 0.322 e. The lowest BCUT2D eigenvalue weighted by Gasteiger charge is -2.09. The lowest BCUT2D eigenvalue weighted by Crippen LogP contribution is -1.93. The lowest BCUT2D eigenvalue weighted by molar-refractivity contribution is 0.618. The van der Waals surface area contributed by atoms with Gasteiger partial charge in [-0.1, -0.05) is 24.3 Å². The zero-order valence-electron chi connectivity index (χ0n) is 11.2. The van der Waals surface area contributed by atoms with Crippen LogP contribution in [0.1, 0.15) is 0 Å². The maximum Gasteiger partial charge on any atom is 0.322 e. The minimum atomic E-state index is 0.818. The first-order valence-electron chi connectivity index (χ1n) is 6.40. The molecule has 96 valence electrons. The van der Waals surface area contributed by atoms with Crippen molar-refractivity contribution in [1.29, 1.82) is 0 Å². The molecule has 0 saturated carbocycles. The Morgan fingerprint density at radius 1 is 0.750 bits per heavy atom. The van der Waals surface area contributed by atoms with Gasteiger partial charge in [-0.05, 0) is 36.4 Å². The van der Waals surface area contributed by atoms with Gasteiger partial charge in [0.05, 0.1) is 17.1 Å². The molecule has 3 nitrogen and oxygen atoms in total. The molecule has 1 aromatic carbocycles. The molecule has 0 bridgehead atoms. The Morgan fingerprint density at radius 3 is 2.30 bits per heavy atom. The standard InChI is InChI=1S/C16H13BN2O/c17-20-16-10-2-1-6-12(16)13-8-5-9-15(19-13)14-7-3-4-11-18-14/h1-11H,17H2. The zero-order valence-corrected chi connectivity index (χ0v) is 11.2. The highest BCUT2D eigenvalue weighted by Crippen LogP contribution is 2.29. The normalized spacial score (nSPS) is 10.2. The molecule has 0 spiro atoms. The second kappa shape index (κ2) is 5.57. The van der Waals surface area contributed by atoms with Gasteiger partial charge in [0, 0.05) is 11.8 Å². The summed E-state index contributed by atoms with van der Waals surface area (Å²) in [5.41, 5.74) is 3.58. The fourth-order valence-corrected chi connectivity index (χ4v) is 2.10. The van der Waals surface area contributed by atoms with E-state index in [0.29, 0.717) is 0 Å². The van der Waals surface area contributed by atoms with Gasteiger partial charge in [-0.25, -0.2) is 4.98 Å². The molecule has 2 heterocycles. The quantitative estimate of drug-likeness (QED) is 0.679. The van der Waals surface area contributed by atoms with Crippen LogP contribution in [0, 0.1) is 0 Å². The summed E-state index contributed by atoms with van der Waals surface area (Å²) in [5, 5.41) is 0. The van der Waals surface area contributed by atoms with Gasteiger partial charge in [0.15, 0.2) is 0 Å². The molecule has 0 atom stereocenters. The third-order valence-electron chi connectivity index (χ3n) is 3.06. The maximum absolute atomic E-state index is 5.39. The van der Waals surface area contributed by atoms with Crippen LogP contribution in [0.15, 0.2) is 66.9 Å². The van der Waals surface area contributed by atoms with Gasteiger partial charge in [0.2, 0.25) is 0 Å². The number of hydrogen-bond acceptors (Lipinski definition) is 3. The van der Waals surface area contributed by atoms with Crippen molar-refractivity contribution in [2.45, 2.75) is 0 Å². The number of pyridine rings is 2. The predicted molar refractivity (Wildman–Crippen MR) is 82.1 cm³/mol. The van der Waals surface area contributed by atoms with E-state index < -0.39 is 0 Å². The molecule has 4 heteroatoms. The monoisotopic (exact) mass is 260 g/mol. The Bertz CT molecular complexity index is 716. The van der Waals surface area contributed by atoms with Gasteiger partial charge in [-0.3, -0.25) is 4.98 Å². The van der Waals surface area contributed by atoms with E-state index in [0.717, 1.165) is 28.4 Å². The van der Waals surface area contributed by atoms with Crippen LogP contribution in [0.25, 0.3) is 22.6 Å². The van der Waals surface area contributed by atoms with E-state index in [4.69, 9.17) is 4.65 Å². The van der Waals surface area contributed by atoms with Gasteiger partial charge in [-0.2, -0.15) is 0 Å². The Morgan fingerprint density at radius 2 is 1.50 bits per heavy atom. The summed E-state index contributed by atoms with van der Waals surface area (Å²) in [5.74, 6) is 0.818. The summed E-state index contributed by atoms with van der Waals surface area (Å²) in [4.78, 5) is 9.01. The maximum atomic E-state index is 5.39. The average Bonchev–Trinajstić information content (AvgIpc) is 2.56. The number of aromatic nitrogens is 2. The molecule has 3 aromatic rings. The minimum Gasteiger partial charge on any atom is -0.567 e. The number of benzene rings is 1. The highest BCUT2D eigenvalue weighted by molar-refractivity contribution is 6.00. The van der Waals surface area contributed by atoms with Gasteiger partial charge < -0.3 is 4.65 Å². The van der Waals surface area contributed by atoms with E-state index in [1.165, 1.54) is 0 Å². The van der Waals surface area contributed by atoms with E-state index >= 15 is 0 Å². The van der Waals surface area contributed by atoms with Crippen molar-refractivity contribution in [3.05, 3.63) is 66.9 Å². The average molecular weight is 260 g/mol. The minimum absolute atomic E-state index is 0.818. The molecule has 0 radical (unpaired) electrons.